The van der Waals surface area contributed by atoms with Gasteiger partial charge in [0.2, 0.25) is 0 Å². The summed E-state index contributed by atoms with van der Waals surface area (Å²) < 4.78 is 7.29. The Morgan fingerprint density at radius 1 is 0.317 bits per heavy atom. The first-order valence-electron chi connectivity index (χ1n) is 21.2. The predicted molar refractivity (Wildman–Crippen MR) is 263 cm³/mol. The van der Waals surface area contributed by atoms with E-state index in [9.17, 15) is 0 Å². The van der Waals surface area contributed by atoms with Crippen molar-refractivity contribution in [3.63, 3.8) is 0 Å². The number of thiophene rings is 1. The van der Waals surface area contributed by atoms with Crippen LogP contribution in [0, 0.1) is 0 Å². The second kappa shape index (κ2) is 14.2. The zero-order valence-electron chi connectivity index (χ0n) is 33.9. The van der Waals surface area contributed by atoms with Crippen molar-refractivity contribution in [2.75, 3.05) is 0 Å². The molecule has 0 atom stereocenters. The van der Waals surface area contributed by atoms with Gasteiger partial charge in [0.1, 0.15) is 0 Å². The zero-order chi connectivity index (χ0) is 41.4. The van der Waals surface area contributed by atoms with Crippen LogP contribution in [0.2, 0.25) is 0 Å². The van der Waals surface area contributed by atoms with Crippen molar-refractivity contribution in [1.82, 2.24) is 24.1 Å². The van der Waals surface area contributed by atoms with E-state index in [4.69, 9.17) is 15.0 Å². The van der Waals surface area contributed by atoms with Gasteiger partial charge in [0.15, 0.2) is 17.5 Å². The molecule has 0 bridgehead atoms. The highest BCUT2D eigenvalue weighted by Gasteiger charge is 2.21. The Balaban J connectivity index is 1.02. The maximum atomic E-state index is 5.22. The Kier molecular flexibility index (Phi) is 8.01. The Hall–Kier alpha value is -8.19. The average molecular weight is 822 g/mol. The van der Waals surface area contributed by atoms with Gasteiger partial charge in [0, 0.05) is 69.8 Å². The summed E-state index contributed by atoms with van der Waals surface area (Å²) in [6.45, 7) is 0. The van der Waals surface area contributed by atoms with Crippen LogP contribution in [0.3, 0.4) is 0 Å². The first-order valence-corrected chi connectivity index (χ1v) is 22.0. The molecule has 0 aliphatic carbocycles. The minimum atomic E-state index is 0.643. The number of para-hydroxylation sites is 3. The quantitative estimate of drug-likeness (QED) is 0.168. The highest BCUT2D eigenvalue weighted by molar-refractivity contribution is 7.26. The number of aromatic nitrogens is 5. The van der Waals surface area contributed by atoms with Crippen LogP contribution in [-0.2, 0) is 0 Å². The van der Waals surface area contributed by atoms with Crippen LogP contribution < -0.4 is 0 Å². The molecule has 0 amide bonds. The van der Waals surface area contributed by atoms with Crippen molar-refractivity contribution in [1.29, 1.82) is 0 Å². The Morgan fingerprint density at radius 3 is 1.60 bits per heavy atom. The van der Waals surface area contributed by atoms with Crippen LogP contribution in [0.1, 0.15) is 0 Å². The van der Waals surface area contributed by atoms with Crippen molar-refractivity contribution in [3.05, 3.63) is 212 Å². The number of hydrogen-bond donors (Lipinski definition) is 0. The lowest BCUT2D eigenvalue weighted by atomic mass is 9.99. The third-order valence-corrected chi connectivity index (χ3v) is 13.6. The van der Waals surface area contributed by atoms with E-state index in [1.165, 1.54) is 63.8 Å². The number of rotatable bonds is 6. The summed E-state index contributed by atoms with van der Waals surface area (Å²) in [7, 11) is 0. The standard InChI is InChI=1S/C57H35N5S/c1-4-16-36(17-5-1)41-22-10-11-25-46(41)57-59-55(37-18-6-2-7-19-37)58-56(60-57)38-28-30-44-45-32-33-50-53(54(45)63-52(44)34-38)47-31-29-40(35-51(47)61(50)39-20-8-3-9-21-39)62-48-26-14-12-23-42(48)43-24-13-15-27-49(43)62/h1-35H. The van der Waals surface area contributed by atoms with Crippen molar-refractivity contribution >= 4 is 75.1 Å². The largest absolute Gasteiger partial charge is 0.309 e. The molecule has 0 aliphatic heterocycles. The number of hydrogen-bond acceptors (Lipinski definition) is 4. The molecular formula is C57H35N5S. The molecule has 294 valence electrons. The highest BCUT2D eigenvalue weighted by atomic mass is 32.1. The van der Waals surface area contributed by atoms with E-state index in [1.54, 1.807) is 0 Å². The van der Waals surface area contributed by atoms with E-state index in [2.05, 4.69) is 197 Å². The van der Waals surface area contributed by atoms with Crippen molar-refractivity contribution in [3.8, 4) is 56.7 Å². The van der Waals surface area contributed by atoms with Gasteiger partial charge in [-0.15, -0.1) is 11.3 Å². The van der Waals surface area contributed by atoms with E-state index < -0.39 is 0 Å². The van der Waals surface area contributed by atoms with Gasteiger partial charge < -0.3 is 9.13 Å². The summed E-state index contributed by atoms with van der Waals surface area (Å²) in [4.78, 5) is 15.5. The van der Waals surface area contributed by atoms with Gasteiger partial charge in [-0.05, 0) is 59.7 Å². The fraction of sp³-hybridized carbons (Fsp3) is 0. The molecule has 4 aromatic heterocycles. The van der Waals surface area contributed by atoms with Crippen LogP contribution in [0.15, 0.2) is 212 Å². The van der Waals surface area contributed by atoms with Gasteiger partial charge >= 0.3 is 0 Å². The lowest BCUT2D eigenvalue weighted by Gasteiger charge is -2.12. The van der Waals surface area contributed by atoms with Crippen LogP contribution in [0.5, 0.6) is 0 Å². The minimum Gasteiger partial charge on any atom is -0.309 e. The Bertz CT molecular complexity index is 3850. The van der Waals surface area contributed by atoms with Gasteiger partial charge in [-0.25, -0.2) is 15.0 Å². The molecular weight excluding hydrogens is 787 g/mol. The summed E-state index contributed by atoms with van der Waals surface area (Å²) in [5.74, 6) is 1.93. The third-order valence-electron chi connectivity index (χ3n) is 12.4. The topological polar surface area (TPSA) is 48.5 Å². The molecule has 6 heteroatoms. The first kappa shape index (κ1) is 35.6. The van der Waals surface area contributed by atoms with Gasteiger partial charge in [0.25, 0.3) is 0 Å². The van der Waals surface area contributed by atoms with Gasteiger partial charge in [0.05, 0.1) is 22.1 Å². The lowest BCUT2D eigenvalue weighted by Crippen LogP contribution is -2.01. The monoisotopic (exact) mass is 821 g/mol. The molecule has 13 rings (SSSR count). The molecule has 9 aromatic carbocycles. The third kappa shape index (κ3) is 5.66. The molecule has 0 saturated carbocycles. The maximum absolute atomic E-state index is 5.22. The highest BCUT2D eigenvalue weighted by Crippen LogP contribution is 2.45. The van der Waals surface area contributed by atoms with E-state index in [0.717, 1.165) is 39.2 Å². The molecule has 0 fully saturated rings. The predicted octanol–water partition coefficient (Wildman–Crippen LogP) is 15.1. The zero-order valence-corrected chi connectivity index (χ0v) is 34.7. The maximum Gasteiger partial charge on any atom is 0.164 e. The van der Waals surface area contributed by atoms with E-state index in [0.29, 0.717) is 17.5 Å². The smallest absolute Gasteiger partial charge is 0.164 e. The Morgan fingerprint density at radius 2 is 0.873 bits per heavy atom. The molecule has 0 radical (unpaired) electrons. The summed E-state index contributed by atoms with van der Waals surface area (Å²) in [6.07, 6.45) is 0. The Labute approximate surface area is 366 Å². The van der Waals surface area contributed by atoms with Crippen LogP contribution in [0.25, 0.3) is 120 Å². The van der Waals surface area contributed by atoms with Gasteiger partial charge in [-0.2, -0.15) is 0 Å². The molecule has 0 aliphatic rings. The van der Waals surface area contributed by atoms with Crippen LogP contribution in [0.4, 0.5) is 0 Å². The van der Waals surface area contributed by atoms with Crippen LogP contribution >= 0.6 is 11.3 Å². The van der Waals surface area contributed by atoms with Crippen molar-refractivity contribution in [2.24, 2.45) is 0 Å². The molecule has 5 nitrogen and oxygen atoms in total. The lowest BCUT2D eigenvalue weighted by molar-refractivity contribution is 1.07. The summed E-state index contributed by atoms with van der Waals surface area (Å²) >= 11 is 1.84. The van der Waals surface area contributed by atoms with Crippen molar-refractivity contribution in [2.45, 2.75) is 0 Å². The van der Waals surface area contributed by atoms with E-state index in [1.807, 2.05) is 35.6 Å². The second-order valence-electron chi connectivity index (χ2n) is 16.0. The fourth-order valence-electron chi connectivity index (χ4n) is 9.55. The molecule has 0 spiro atoms. The molecule has 4 heterocycles. The summed E-state index contributed by atoms with van der Waals surface area (Å²) in [5.41, 5.74) is 12.1. The molecule has 0 unspecified atom stereocenters. The first-order chi connectivity index (χ1) is 31.2. The van der Waals surface area contributed by atoms with E-state index in [-0.39, 0.29) is 0 Å². The summed E-state index contributed by atoms with van der Waals surface area (Å²) in [6, 6.07) is 75.5. The normalized spacial score (nSPS) is 11.8. The van der Waals surface area contributed by atoms with Gasteiger partial charge in [-0.3, -0.25) is 0 Å². The van der Waals surface area contributed by atoms with Crippen molar-refractivity contribution < 1.29 is 0 Å². The fourth-order valence-corrected chi connectivity index (χ4v) is 10.8. The molecule has 0 N–H and O–H groups in total. The average Bonchev–Trinajstić information content (AvgIpc) is 4.02. The molecule has 0 saturated heterocycles. The molecule has 63 heavy (non-hydrogen) atoms. The number of fused-ring (bicyclic) bond motifs is 10. The second-order valence-corrected chi connectivity index (χ2v) is 17.0. The summed E-state index contributed by atoms with van der Waals surface area (Å²) in [5, 5.41) is 7.45. The van der Waals surface area contributed by atoms with Crippen LogP contribution in [-0.4, -0.2) is 24.1 Å². The number of benzene rings is 9. The number of nitrogens with zero attached hydrogens (tertiary/aromatic N) is 5. The SMILES string of the molecule is c1ccc(-c2nc(-c3ccc4c(c3)sc3c4ccc4c3c3ccc(-n5c6ccccc6c6ccccc65)cc3n4-c3ccccc3)nc(-c3ccccc3-c3ccccc3)n2)cc1. The van der Waals surface area contributed by atoms with Gasteiger partial charge in [-0.1, -0.05) is 164 Å². The minimum absolute atomic E-state index is 0.643. The molecule has 13 aromatic rings. The van der Waals surface area contributed by atoms with E-state index >= 15 is 0 Å².